The average Bonchev–Trinajstić information content (AvgIpc) is 2.84. The summed E-state index contributed by atoms with van der Waals surface area (Å²) in [5.74, 6) is -2.74. The zero-order chi connectivity index (χ0) is 19.4. The van der Waals surface area contributed by atoms with Gasteiger partial charge in [0.15, 0.2) is 0 Å². The summed E-state index contributed by atoms with van der Waals surface area (Å²) < 4.78 is 23.6. The van der Waals surface area contributed by atoms with Crippen LogP contribution in [0.25, 0.3) is 0 Å². The Morgan fingerprint density at radius 3 is 2.38 bits per heavy atom. The Labute approximate surface area is 147 Å². The fourth-order valence-corrected chi connectivity index (χ4v) is 2.41. The van der Waals surface area contributed by atoms with Crippen molar-refractivity contribution in [2.45, 2.75) is 6.92 Å². The van der Waals surface area contributed by atoms with E-state index in [0.29, 0.717) is 5.56 Å². The molecule has 0 aliphatic carbocycles. The smallest absolute Gasteiger partial charge is 0.355 e. The molecule has 0 unspecified atom stereocenters. The number of hydrogen-bond donors (Lipinski definition) is 0. The minimum absolute atomic E-state index is 0.109. The molecule has 0 N–H and O–H groups in total. The predicted octanol–water partition coefficient (Wildman–Crippen LogP) is 2.53. The predicted molar refractivity (Wildman–Crippen MR) is 89.6 cm³/mol. The number of hydrogen-bond acceptors (Lipinski definition) is 7. The van der Waals surface area contributed by atoms with Crippen molar-refractivity contribution in [2.24, 2.45) is 0 Å². The second kappa shape index (κ2) is 7.60. The summed E-state index contributed by atoms with van der Waals surface area (Å²) >= 11 is 0. The molecule has 0 radical (unpaired) electrons. The number of rotatable bonds is 4. The molecular formula is C17H15FN2O6. The molecule has 0 saturated carbocycles. The number of nitro benzene ring substituents is 1. The van der Waals surface area contributed by atoms with Gasteiger partial charge in [0.1, 0.15) is 5.70 Å². The molecule has 2 rings (SSSR count). The van der Waals surface area contributed by atoms with E-state index in [2.05, 4.69) is 4.74 Å². The van der Waals surface area contributed by atoms with Crippen LogP contribution < -0.4 is 4.90 Å². The first-order valence-corrected chi connectivity index (χ1v) is 7.31. The Morgan fingerprint density at radius 2 is 1.81 bits per heavy atom. The van der Waals surface area contributed by atoms with Gasteiger partial charge in [0.2, 0.25) is 5.82 Å². The third-order valence-electron chi connectivity index (χ3n) is 3.61. The number of methoxy groups -OCH3 is 2. The Balaban J connectivity index is 2.73. The fourth-order valence-electron chi connectivity index (χ4n) is 2.41. The zero-order valence-electron chi connectivity index (χ0n) is 14.2. The number of esters is 2. The molecular weight excluding hydrogens is 347 g/mol. The van der Waals surface area contributed by atoms with Crippen LogP contribution in [0.15, 0.2) is 47.8 Å². The number of nitrogens with zero attached hydrogens (tertiary/aromatic N) is 2. The molecule has 0 amide bonds. The van der Waals surface area contributed by atoms with Gasteiger partial charge in [0.25, 0.3) is 0 Å². The van der Waals surface area contributed by atoms with Crippen LogP contribution in [-0.4, -0.2) is 31.1 Å². The third kappa shape index (κ3) is 3.46. The molecule has 0 fully saturated rings. The number of aryl methyl sites for hydroxylation is 1. The Kier molecular flexibility index (Phi) is 5.51. The molecule has 1 aromatic carbocycles. The molecule has 1 aliphatic heterocycles. The molecule has 0 aromatic heterocycles. The van der Waals surface area contributed by atoms with Gasteiger partial charge in [0, 0.05) is 18.3 Å². The molecule has 1 heterocycles. The van der Waals surface area contributed by atoms with Gasteiger partial charge in [-0.05, 0) is 24.6 Å². The lowest BCUT2D eigenvalue weighted by atomic mass is 10.1. The van der Waals surface area contributed by atoms with Crippen molar-refractivity contribution in [1.29, 1.82) is 0 Å². The second-order valence-electron chi connectivity index (χ2n) is 5.16. The highest BCUT2D eigenvalue weighted by molar-refractivity contribution is 6.05. The number of halogens is 1. The highest BCUT2D eigenvalue weighted by Gasteiger charge is 2.29. The third-order valence-corrected chi connectivity index (χ3v) is 3.61. The summed E-state index contributed by atoms with van der Waals surface area (Å²) in [5.41, 5.74) is -0.562. The number of carbonyl (C=O) groups excluding carboxylic acids is 2. The van der Waals surface area contributed by atoms with Crippen LogP contribution in [0.4, 0.5) is 15.8 Å². The van der Waals surface area contributed by atoms with E-state index in [1.807, 2.05) is 0 Å². The monoisotopic (exact) mass is 362 g/mol. The summed E-state index contributed by atoms with van der Waals surface area (Å²) in [6, 6.07) is 1.96. The molecule has 0 atom stereocenters. The van der Waals surface area contributed by atoms with Gasteiger partial charge in [-0.3, -0.25) is 10.1 Å². The first kappa shape index (κ1) is 18.8. The van der Waals surface area contributed by atoms with Crippen molar-refractivity contribution in [3.8, 4) is 0 Å². The van der Waals surface area contributed by atoms with Crippen LogP contribution in [0.2, 0.25) is 0 Å². The van der Waals surface area contributed by atoms with Crippen LogP contribution in [0, 0.1) is 22.9 Å². The highest BCUT2D eigenvalue weighted by atomic mass is 19.1. The molecule has 9 heteroatoms. The molecule has 136 valence electrons. The quantitative estimate of drug-likeness (QED) is 0.461. The summed E-state index contributed by atoms with van der Waals surface area (Å²) in [6.07, 6.45) is 5.77. The van der Waals surface area contributed by atoms with Crippen LogP contribution in [0.5, 0.6) is 0 Å². The molecule has 0 bridgehead atoms. The molecule has 1 aliphatic rings. The van der Waals surface area contributed by atoms with E-state index < -0.39 is 28.4 Å². The van der Waals surface area contributed by atoms with Gasteiger partial charge < -0.3 is 14.4 Å². The van der Waals surface area contributed by atoms with Crippen molar-refractivity contribution in [2.75, 3.05) is 19.1 Å². The topological polar surface area (TPSA) is 99.0 Å². The molecule has 0 spiro atoms. The second-order valence-corrected chi connectivity index (χ2v) is 5.16. The molecule has 1 aromatic rings. The van der Waals surface area contributed by atoms with E-state index in [1.165, 1.54) is 36.3 Å². The van der Waals surface area contributed by atoms with E-state index in [-0.39, 0.29) is 17.0 Å². The number of benzene rings is 1. The SMILES string of the molecule is COC(=O)C1=C(C(=O)OC)N(c2cc(F)c([N+](=O)[O-])cc2C)C=CC=C1. The van der Waals surface area contributed by atoms with E-state index in [9.17, 15) is 24.1 Å². The lowest BCUT2D eigenvalue weighted by molar-refractivity contribution is -0.387. The van der Waals surface area contributed by atoms with Gasteiger partial charge in [-0.15, -0.1) is 0 Å². The van der Waals surface area contributed by atoms with Gasteiger partial charge in [-0.1, -0.05) is 6.08 Å². The minimum atomic E-state index is -1.08. The Hall–Kier alpha value is -3.49. The van der Waals surface area contributed by atoms with Gasteiger partial charge in [-0.2, -0.15) is 4.39 Å². The van der Waals surface area contributed by atoms with Crippen molar-refractivity contribution >= 4 is 23.3 Å². The first-order chi connectivity index (χ1) is 12.3. The summed E-state index contributed by atoms with van der Waals surface area (Å²) in [5, 5.41) is 10.9. The van der Waals surface area contributed by atoms with Gasteiger partial charge in [0.05, 0.1) is 30.4 Å². The van der Waals surface area contributed by atoms with Crippen molar-refractivity contribution in [3.63, 3.8) is 0 Å². The molecule has 0 saturated heterocycles. The Morgan fingerprint density at radius 1 is 1.15 bits per heavy atom. The summed E-state index contributed by atoms with van der Waals surface area (Å²) in [7, 11) is 2.28. The van der Waals surface area contributed by atoms with Crippen LogP contribution in [0.3, 0.4) is 0 Å². The minimum Gasteiger partial charge on any atom is -0.465 e. The number of anilines is 1. The van der Waals surface area contributed by atoms with E-state index >= 15 is 0 Å². The lowest BCUT2D eigenvalue weighted by Gasteiger charge is -2.24. The van der Waals surface area contributed by atoms with Gasteiger partial charge in [-0.25, -0.2) is 9.59 Å². The molecule has 8 nitrogen and oxygen atoms in total. The van der Waals surface area contributed by atoms with E-state index in [4.69, 9.17) is 4.74 Å². The van der Waals surface area contributed by atoms with Crippen LogP contribution in [0.1, 0.15) is 5.56 Å². The first-order valence-electron chi connectivity index (χ1n) is 7.31. The van der Waals surface area contributed by atoms with Crippen molar-refractivity contribution < 1.29 is 28.4 Å². The lowest BCUT2D eigenvalue weighted by Crippen LogP contribution is -2.27. The van der Waals surface area contributed by atoms with Crippen molar-refractivity contribution in [3.05, 3.63) is 69.3 Å². The normalized spacial score (nSPS) is 13.5. The number of ether oxygens (including phenoxy) is 2. The Bertz CT molecular complexity index is 872. The van der Waals surface area contributed by atoms with Gasteiger partial charge >= 0.3 is 17.6 Å². The van der Waals surface area contributed by atoms with E-state index in [0.717, 1.165) is 26.4 Å². The number of allylic oxidation sites excluding steroid dienone is 2. The average molecular weight is 362 g/mol. The maximum atomic E-state index is 14.1. The number of carbonyl (C=O) groups is 2. The summed E-state index contributed by atoms with van der Waals surface area (Å²) in [4.78, 5) is 35.6. The number of nitro groups is 1. The molecule has 26 heavy (non-hydrogen) atoms. The maximum absolute atomic E-state index is 14.1. The maximum Gasteiger partial charge on any atom is 0.355 e. The highest BCUT2D eigenvalue weighted by Crippen LogP contribution is 2.32. The van der Waals surface area contributed by atoms with E-state index in [1.54, 1.807) is 0 Å². The largest absolute Gasteiger partial charge is 0.465 e. The van der Waals surface area contributed by atoms with Crippen molar-refractivity contribution in [1.82, 2.24) is 0 Å². The van der Waals surface area contributed by atoms with Crippen LogP contribution in [-0.2, 0) is 19.1 Å². The summed E-state index contributed by atoms with van der Waals surface area (Å²) in [6.45, 7) is 1.51. The van der Waals surface area contributed by atoms with Crippen LogP contribution >= 0.6 is 0 Å². The standard InChI is InChI=1S/C17H15FN2O6/c1-10-8-14(20(23)24)12(18)9-13(10)19-7-5-4-6-11(16(21)25-2)15(19)17(22)26-3/h4-9H,1-3H3. The zero-order valence-corrected chi connectivity index (χ0v) is 14.2. The fraction of sp³-hybridized carbons (Fsp3) is 0.176.